The Bertz CT molecular complexity index is 1040. The monoisotopic (exact) mass is 331 g/mol. The summed E-state index contributed by atoms with van der Waals surface area (Å²) in [4.78, 5) is 4.63. The lowest BCUT2D eigenvalue weighted by atomic mass is 9.99. The molecule has 4 rings (SSSR count). The van der Waals surface area contributed by atoms with Gasteiger partial charge in [-0.05, 0) is 30.5 Å². The fourth-order valence-corrected chi connectivity index (χ4v) is 3.28. The topological polar surface area (TPSA) is 59.4 Å². The predicted octanol–water partition coefficient (Wildman–Crippen LogP) is 4.29. The van der Waals surface area contributed by atoms with Crippen LogP contribution in [0, 0.1) is 6.92 Å². The van der Waals surface area contributed by atoms with Crippen molar-refractivity contribution in [3.8, 4) is 22.5 Å². The molecule has 0 amide bonds. The number of rotatable bonds is 4. The Kier molecular flexibility index (Phi) is 3.84. The summed E-state index contributed by atoms with van der Waals surface area (Å²) in [5, 5.41) is 12.8. The van der Waals surface area contributed by atoms with E-state index >= 15 is 0 Å². The van der Waals surface area contributed by atoms with Gasteiger partial charge in [0.2, 0.25) is 0 Å². The molecule has 0 aliphatic carbocycles. The van der Waals surface area contributed by atoms with Gasteiger partial charge >= 0.3 is 0 Å². The second-order valence-electron chi connectivity index (χ2n) is 6.49. The Morgan fingerprint density at radius 1 is 1.16 bits per heavy atom. The van der Waals surface area contributed by atoms with E-state index in [0.717, 1.165) is 40.7 Å². The minimum Gasteiger partial charge on any atom is -0.276 e. The number of aryl methyl sites for hydroxylation is 3. The normalized spacial score (nSPS) is 11.3. The van der Waals surface area contributed by atoms with Crippen LogP contribution in [0.4, 0.5) is 0 Å². The third-order valence-corrected chi connectivity index (χ3v) is 4.53. The van der Waals surface area contributed by atoms with Gasteiger partial charge in [0.05, 0.1) is 23.6 Å². The molecule has 126 valence electrons. The van der Waals surface area contributed by atoms with Gasteiger partial charge in [0.15, 0.2) is 0 Å². The van der Waals surface area contributed by atoms with Crippen molar-refractivity contribution in [1.82, 2.24) is 25.0 Å². The lowest BCUT2D eigenvalue weighted by molar-refractivity contribution is 0.768. The Labute approximate surface area is 146 Å². The number of aromatic nitrogens is 5. The smallest absolute Gasteiger partial charge is 0.103 e. The number of benzene rings is 1. The van der Waals surface area contributed by atoms with E-state index in [-0.39, 0.29) is 0 Å². The van der Waals surface area contributed by atoms with Gasteiger partial charge in [-0.2, -0.15) is 10.2 Å². The van der Waals surface area contributed by atoms with E-state index in [1.807, 2.05) is 25.6 Å². The predicted molar refractivity (Wildman–Crippen MR) is 100 cm³/mol. The van der Waals surface area contributed by atoms with Crippen molar-refractivity contribution < 1.29 is 0 Å². The Morgan fingerprint density at radius 3 is 2.76 bits per heavy atom. The molecule has 0 radical (unpaired) electrons. The number of fused-ring (bicyclic) bond motifs is 1. The molecule has 3 aromatic heterocycles. The summed E-state index contributed by atoms with van der Waals surface area (Å²) in [7, 11) is 1.91. The van der Waals surface area contributed by atoms with E-state index < -0.39 is 0 Å². The summed E-state index contributed by atoms with van der Waals surface area (Å²) in [6, 6.07) is 8.76. The number of hydrogen-bond acceptors (Lipinski definition) is 3. The number of pyridine rings is 1. The third-order valence-electron chi connectivity index (χ3n) is 4.53. The van der Waals surface area contributed by atoms with E-state index in [9.17, 15) is 0 Å². The first kappa shape index (κ1) is 15.6. The number of hydrogen-bond donors (Lipinski definition) is 1. The third kappa shape index (κ3) is 2.82. The van der Waals surface area contributed by atoms with Crippen LogP contribution in [-0.2, 0) is 13.5 Å². The van der Waals surface area contributed by atoms with Gasteiger partial charge in [-0.25, -0.2) is 0 Å². The quantitative estimate of drug-likeness (QED) is 0.607. The average Bonchev–Trinajstić information content (AvgIpc) is 3.20. The molecule has 1 N–H and O–H groups in total. The molecule has 0 unspecified atom stereocenters. The molecule has 25 heavy (non-hydrogen) atoms. The first-order valence-corrected chi connectivity index (χ1v) is 8.58. The molecule has 4 aromatic rings. The average molecular weight is 331 g/mol. The lowest BCUT2D eigenvalue weighted by Gasteiger charge is -2.08. The van der Waals surface area contributed by atoms with Gasteiger partial charge in [-0.1, -0.05) is 31.5 Å². The SMILES string of the molecule is CCCc1ccc(-c2cc3c(-c4cnn(C)c4)n[nH]c3cn2)c(C)c1. The number of nitrogens with one attached hydrogen (secondary N) is 1. The van der Waals surface area contributed by atoms with Crippen LogP contribution in [0.3, 0.4) is 0 Å². The van der Waals surface area contributed by atoms with E-state index in [0.29, 0.717) is 0 Å². The summed E-state index contributed by atoms with van der Waals surface area (Å²) >= 11 is 0. The Balaban J connectivity index is 1.81. The highest BCUT2D eigenvalue weighted by Crippen LogP contribution is 2.30. The van der Waals surface area contributed by atoms with Crippen LogP contribution in [0.1, 0.15) is 24.5 Å². The molecular formula is C20H21N5. The minimum atomic E-state index is 0.909. The number of H-pyrrole nitrogens is 1. The van der Waals surface area contributed by atoms with E-state index in [2.05, 4.69) is 58.4 Å². The van der Waals surface area contributed by atoms with Crippen LogP contribution < -0.4 is 0 Å². The van der Waals surface area contributed by atoms with E-state index in [1.165, 1.54) is 16.7 Å². The molecule has 5 nitrogen and oxygen atoms in total. The highest BCUT2D eigenvalue weighted by Gasteiger charge is 2.13. The highest BCUT2D eigenvalue weighted by atomic mass is 15.2. The molecule has 0 spiro atoms. The Morgan fingerprint density at radius 2 is 2.04 bits per heavy atom. The summed E-state index contributed by atoms with van der Waals surface area (Å²) in [6.45, 7) is 4.36. The number of aromatic amines is 1. The lowest BCUT2D eigenvalue weighted by Crippen LogP contribution is -1.90. The molecule has 1 aromatic carbocycles. The van der Waals surface area contributed by atoms with Crippen molar-refractivity contribution >= 4 is 10.9 Å². The fourth-order valence-electron chi connectivity index (χ4n) is 3.28. The molecule has 0 bridgehead atoms. The molecule has 0 saturated heterocycles. The van der Waals surface area contributed by atoms with Crippen molar-refractivity contribution in [3.63, 3.8) is 0 Å². The second kappa shape index (κ2) is 6.16. The van der Waals surface area contributed by atoms with Gasteiger partial charge in [0.1, 0.15) is 5.69 Å². The van der Waals surface area contributed by atoms with Gasteiger partial charge in [-0.3, -0.25) is 14.8 Å². The molecule has 0 aliphatic rings. The van der Waals surface area contributed by atoms with E-state index in [1.54, 1.807) is 4.68 Å². The van der Waals surface area contributed by atoms with Crippen molar-refractivity contribution in [2.75, 3.05) is 0 Å². The maximum atomic E-state index is 4.63. The van der Waals surface area contributed by atoms with Gasteiger partial charge in [0, 0.05) is 29.8 Å². The van der Waals surface area contributed by atoms with Gasteiger partial charge < -0.3 is 0 Å². The Hall–Kier alpha value is -2.95. The second-order valence-corrected chi connectivity index (χ2v) is 6.49. The van der Waals surface area contributed by atoms with E-state index in [4.69, 9.17) is 0 Å². The van der Waals surface area contributed by atoms with Crippen LogP contribution >= 0.6 is 0 Å². The maximum absolute atomic E-state index is 4.63. The zero-order chi connectivity index (χ0) is 17.4. The van der Waals surface area contributed by atoms with Crippen molar-refractivity contribution in [2.45, 2.75) is 26.7 Å². The molecule has 0 saturated carbocycles. The molecule has 0 atom stereocenters. The molecule has 0 aliphatic heterocycles. The fraction of sp³-hybridized carbons (Fsp3) is 0.250. The van der Waals surface area contributed by atoms with Crippen LogP contribution in [-0.4, -0.2) is 25.0 Å². The molecular weight excluding hydrogens is 310 g/mol. The van der Waals surface area contributed by atoms with Crippen LogP contribution in [0.2, 0.25) is 0 Å². The van der Waals surface area contributed by atoms with Gasteiger partial charge in [0.25, 0.3) is 0 Å². The van der Waals surface area contributed by atoms with Crippen molar-refractivity contribution in [2.24, 2.45) is 7.05 Å². The zero-order valence-electron chi connectivity index (χ0n) is 14.7. The summed E-state index contributed by atoms with van der Waals surface area (Å²) in [5.41, 5.74) is 7.61. The molecule has 5 heteroatoms. The minimum absolute atomic E-state index is 0.909. The molecule has 3 heterocycles. The van der Waals surface area contributed by atoms with Crippen molar-refractivity contribution in [3.05, 3.63) is 54.0 Å². The molecule has 0 fully saturated rings. The van der Waals surface area contributed by atoms with Gasteiger partial charge in [-0.15, -0.1) is 0 Å². The van der Waals surface area contributed by atoms with Crippen LogP contribution in [0.25, 0.3) is 33.4 Å². The van der Waals surface area contributed by atoms with Crippen molar-refractivity contribution in [1.29, 1.82) is 0 Å². The highest BCUT2D eigenvalue weighted by molar-refractivity contribution is 5.94. The zero-order valence-corrected chi connectivity index (χ0v) is 14.7. The first-order chi connectivity index (χ1) is 12.2. The van der Waals surface area contributed by atoms with Crippen LogP contribution in [0.5, 0.6) is 0 Å². The number of nitrogens with zero attached hydrogens (tertiary/aromatic N) is 4. The summed E-state index contributed by atoms with van der Waals surface area (Å²) < 4.78 is 1.79. The summed E-state index contributed by atoms with van der Waals surface area (Å²) in [6.07, 6.45) is 7.94. The largest absolute Gasteiger partial charge is 0.276 e. The summed E-state index contributed by atoms with van der Waals surface area (Å²) in [5.74, 6) is 0. The maximum Gasteiger partial charge on any atom is 0.103 e. The standard InChI is InChI=1S/C20H21N5/c1-4-5-14-6-7-16(13(2)8-14)18-9-17-19(11-21-18)23-24-20(17)15-10-22-25(3)12-15/h6-12H,4-5H2,1-3H3,(H,23,24). The van der Waals surface area contributed by atoms with Crippen LogP contribution in [0.15, 0.2) is 42.9 Å². The first-order valence-electron chi connectivity index (χ1n) is 8.58.